The van der Waals surface area contributed by atoms with Gasteiger partial charge in [0.1, 0.15) is 23.9 Å². The molecule has 0 aliphatic carbocycles. The monoisotopic (exact) mass is 562 g/mol. The Hall–Kier alpha value is -3.91. The van der Waals surface area contributed by atoms with Crippen LogP contribution in [0.1, 0.15) is 53.2 Å². The number of rotatable bonds is 12. The van der Waals surface area contributed by atoms with Crippen LogP contribution in [-0.2, 0) is 24.4 Å². The number of carbonyl (C=O) groups is 1. The molecule has 0 atom stereocenters. The van der Waals surface area contributed by atoms with Crippen molar-refractivity contribution in [1.82, 2.24) is 4.98 Å². The maximum Gasteiger partial charge on any atom is 0.303 e. The molecule has 3 aromatic carbocycles. The van der Waals surface area contributed by atoms with Crippen LogP contribution in [0.25, 0.3) is 11.1 Å². The maximum absolute atomic E-state index is 14.5. The Kier molecular flexibility index (Phi) is 9.42. The van der Waals surface area contributed by atoms with Crippen molar-refractivity contribution in [3.63, 3.8) is 0 Å². The molecule has 6 nitrogen and oxygen atoms in total. The van der Waals surface area contributed by atoms with Crippen LogP contribution in [0.3, 0.4) is 0 Å². The number of hydrogen-bond donors (Lipinski definition) is 2. The van der Waals surface area contributed by atoms with Crippen molar-refractivity contribution < 1.29 is 23.8 Å². The van der Waals surface area contributed by atoms with E-state index in [-0.39, 0.29) is 18.9 Å². The highest BCUT2D eigenvalue weighted by Crippen LogP contribution is 2.38. The highest BCUT2D eigenvalue weighted by Gasteiger charge is 2.16. The number of anilines is 1. The number of nitrogens with zero attached hydrogens (tertiary/aromatic N) is 1. The number of aromatic nitrogens is 1. The van der Waals surface area contributed by atoms with Gasteiger partial charge in [-0.25, -0.2) is 9.37 Å². The molecule has 0 radical (unpaired) electrons. The topological polar surface area (TPSA) is 80.7 Å². The smallest absolute Gasteiger partial charge is 0.303 e. The highest BCUT2D eigenvalue weighted by atomic mass is 32.1. The summed E-state index contributed by atoms with van der Waals surface area (Å²) in [7, 11) is 0. The van der Waals surface area contributed by atoms with Gasteiger partial charge in [-0.3, -0.25) is 4.79 Å². The molecule has 0 saturated heterocycles. The molecule has 1 heterocycles. The molecule has 8 heteroatoms. The van der Waals surface area contributed by atoms with E-state index >= 15 is 0 Å². The molecule has 0 fully saturated rings. The van der Waals surface area contributed by atoms with Crippen molar-refractivity contribution in [2.45, 2.75) is 66.7 Å². The molecule has 4 aromatic rings. The highest BCUT2D eigenvalue weighted by molar-refractivity contribution is 7.09. The molecular formula is C32H35FN2O4S. The zero-order valence-corrected chi connectivity index (χ0v) is 24.3. The van der Waals surface area contributed by atoms with Crippen molar-refractivity contribution in [2.24, 2.45) is 0 Å². The van der Waals surface area contributed by atoms with Gasteiger partial charge < -0.3 is 19.9 Å². The lowest BCUT2D eigenvalue weighted by atomic mass is 9.93. The molecule has 0 aliphatic heterocycles. The van der Waals surface area contributed by atoms with Crippen molar-refractivity contribution in [1.29, 1.82) is 0 Å². The van der Waals surface area contributed by atoms with E-state index in [0.29, 0.717) is 24.4 Å². The SMILES string of the molecule is Cc1nc(COc2cc(C)c(-c3cc(CNc4ccc(CCC(=O)O)c(F)c4)ccc3OC(C)C)c(C)c2)cs1. The Bertz CT molecular complexity index is 1480. The molecule has 0 amide bonds. The number of benzene rings is 3. The zero-order valence-electron chi connectivity index (χ0n) is 23.5. The number of nitrogens with one attached hydrogen (secondary N) is 1. The quantitative estimate of drug-likeness (QED) is 0.183. The van der Waals surface area contributed by atoms with E-state index in [1.807, 2.05) is 50.4 Å². The second kappa shape index (κ2) is 13.0. The molecule has 2 N–H and O–H groups in total. The average molecular weight is 563 g/mol. The largest absolute Gasteiger partial charge is 0.490 e. The normalized spacial score (nSPS) is 11.1. The number of thiazole rings is 1. The summed E-state index contributed by atoms with van der Waals surface area (Å²) < 4.78 is 26.7. The molecule has 210 valence electrons. The Morgan fingerprint density at radius 3 is 2.45 bits per heavy atom. The Balaban J connectivity index is 1.55. The van der Waals surface area contributed by atoms with Gasteiger partial charge in [-0.05, 0) is 105 Å². The Labute approximate surface area is 238 Å². The third kappa shape index (κ3) is 7.60. The summed E-state index contributed by atoms with van der Waals surface area (Å²) in [6, 6.07) is 15.0. The van der Waals surface area contributed by atoms with Gasteiger partial charge >= 0.3 is 5.97 Å². The van der Waals surface area contributed by atoms with Crippen LogP contribution in [0.15, 0.2) is 53.9 Å². The fourth-order valence-electron chi connectivity index (χ4n) is 4.61. The van der Waals surface area contributed by atoms with Gasteiger partial charge in [0, 0.05) is 29.6 Å². The number of carboxylic acids is 1. The van der Waals surface area contributed by atoms with Crippen LogP contribution in [0.5, 0.6) is 11.5 Å². The molecule has 0 bridgehead atoms. The van der Waals surface area contributed by atoms with E-state index in [9.17, 15) is 9.18 Å². The van der Waals surface area contributed by atoms with Crippen LogP contribution in [-0.4, -0.2) is 22.2 Å². The third-order valence-corrected chi connectivity index (χ3v) is 7.22. The predicted molar refractivity (Wildman–Crippen MR) is 158 cm³/mol. The van der Waals surface area contributed by atoms with Gasteiger partial charge in [-0.2, -0.15) is 0 Å². The van der Waals surface area contributed by atoms with Crippen molar-refractivity contribution in [2.75, 3.05) is 5.32 Å². The lowest BCUT2D eigenvalue weighted by Crippen LogP contribution is -2.08. The van der Waals surface area contributed by atoms with Crippen molar-refractivity contribution in [3.05, 3.63) is 92.7 Å². The molecule has 0 saturated carbocycles. The first kappa shape index (κ1) is 29.1. The fraction of sp³-hybridized carbons (Fsp3) is 0.312. The minimum Gasteiger partial charge on any atom is -0.490 e. The van der Waals surface area contributed by atoms with E-state index in [2.05, 4.69) is 30.2 Å². The lowest BCUT2D eigenvalue weighted by Gasteiger charge is -2.20. The van der Waals surface area contributed by atoms with Crippen molar-refractivity contribution >= 4 is 23.0 Å². The van der Waals surface area contributed by atoms with Gasteiger partial charge in [0.2, 0.25) is 0 Å². The summed E-state index contributed by atoms with van der Waals surface area (Å²) in [5.74, 6) is 0.236. The van der Waals surface area contributed by atoms with Gasteiger partial charge in [-0.1, -0.05) is 12.1 Å². The van der Waals surface area contributed by atoms with Crippen LogP contribution >= 0.6 is 11.3 Å². The third-order valence-electron chi connectivity index (χ3n) is 6.39. The lowest BCUT2D eigenvalue weighted by molar-refractivity contribution is -0.136. The van der Waals surface area contributed by atoms with Crippen LogP contribution in [0.2, 0.25) is 0 Å². The number of carboxylic acid groups (broad SMARTS) is 1. The van der Waals surface area contributed by atoms with Gasteiger partial charge in [0.15, 0.2) is 0 Å². The van der Waals surface area contributed by atoms with E-state index in [1.54, 1.807) is 23.5 Å². The molecule has 0 aliphatic rings. The second-order valence-corrected chi connectivity index (χ2v) is 11.2. The Morgan fingerprint density at radius 1 is 1.07 bits per heavy atom. The van der Waals surface area contributed by atoms with Crippen LogP contribution in [0.4, 0.5) is 10.1 Å². The summed E-state index contributed by atoms with van der Waals surface area (Å²) >= 11 is 1.61. The summed E-state index contributed by atoms with van der Waals surface area (Å²) in [6.07, 6.45) is 0.0688. The summed E-state index contributed by atoms with van der Waals surface area (Å²) in [5, 5.41) is 15.2. The zero-order chi connectivity index (χ0) is 28.8. The average Bonchev–Trinajstić information content (AvgIpc) is 3.31. The van der Waals surface area contributed by atoms with Gasteiger partial charge in [0.05, 0.1) is 16.8 Å². The van der Waals surface area contributed by atoms with Crippen LogP contribution in [0, 0.1) is 26.6 Å². The first-order valence-corrected chi connectivity index (χ1v) is 14.2. The Morgan fingerprint density at radius 2 is 1.82 bits per heavy atom. The maximum atomic E-state index is 14.5. The molecule has 1 aromatic heterocycles. The molecule has 40 heavy (non-hydrogen) atoms. The fourth-order valence-corrected chi connectivity index (χ4v) is 5.21. The number of hydrogen-bond acceptors (Lipinski definition) is 6. The second-order valence-electron chi connectivity index (χ2n) is 10.1. The number of aliphatic carboxylic acids is 1. The number of aryl methyl sites for hydroxylation is 4. The van der Waals surface area contributed by atoms with E-state index in [4.69, 9.17) is 14.6 Å². The standard InChI is InChI=1S/C32H35FN2O4S/c1-19(2)39-30-10-6-23(16-34-25-9-7-24(29(33)15-25)8-11-31(36)37)14-28(30)32-20(3)12-27(13-21(32)4)38-17-26-18-40-22(5)35-26/h6-7,9-10,12-15,18-19,34H,8,11,16-17H2,1-5H3,(H,36,37). The van der Waals surface area contributed by atoms with E-state index in [0.717, 1.165) is 50.0 Å². The summed E-state index contributed by atoms with van der Waals surface area (Å²) in [4.78, 5) is 15.3. The minimum atomic E-state index is -0.944. The molecule has 4 rings (SSSR count). The van der Waals surface area contributed by atoms with Gasteiger partial charge in [-0.15, -0.1) is 11.3 Å². The summed E-state index contributed by atoms with van der Waals surface area (Å²) in [6.45, 7) is 11.0. The molecule has 0 unspecified atom stereocenters. The van der Waals surface area contributed by atoms with E-state index in [1.165, 1.54) is 6.07 Å². The van der Waals surface area contributed by atoms with E-state index < -0.39 is 11.8 Å². The number of ether oxygens (including phenoxy) is 2. The number of halogens is 1. The minimum absolute atomic E-state index is 0.00938. The van der Waals surface area contributed by atoms with Crippen LogP contribution < -0.4 is 14.8 Å². The first-order valence-electron chi connectivity index (χ1n) is 13.3. The summed E-state index contributed by atoms with van der Waals surface area (Å²) in [5.41, 5.74) is 7.17. The molecular weight excluding hydrogens is 527 g/mol. The first-order chi connectivity index (χ1) is 19.1. The predicted octanol–water partition coefficient (Wildman–Crippen LogP) is 7.87. The van der Waals surface area contributed by atoms with Crippen molar-refractivity contribution in [3.8, 4) is 22.6 Å². The molecule has 0 spiro atoms. The van der Waals surface area contributed by atoms with Gasteiger partial charge in [0.25, 0.3) is 0 Å².